The Balaban J connectivity index is 1.38. The highest BCUT2D eigenvalue weighted by atomic mass is 16.2. The minimum absolute atomic E-state index is 0.135. The molecule has 28 heavy (non-hydrogen) atoms. The first-order valence-electron chi connectivity index (χ1n) is 10.5. The number of para-hydroxylation sites is 1. The molecule has 1 amide bonds. The number of nitrogens with zero attached hydrogens (tertiary/aromatic N) is 1. The molecule has 1 spiro atoms. The number of nitrogens with one attached hydrogen (secondary N) is 2. The number of hydrogen-bond acceptors (Lipinski definition) is 2. The molecule has 3 aromatic rings. The van der Waals surface area contributed by atoms with E-state index in [1.54, 1.807) is 0 Å². The van der Waals surface area contributed by atoms with E-state index in [9.17, 15) is 4.79 Å². The third-order valence-corrected chi connectivity index (χ3v) is 7.07. The van der Waals surface area contributed by atoms with E-state index in [0.29, 0.717) is 5.92 Å². The number of fused-ring (bicyclic) bond motifs is 3. The minimum atomic E-state index is 0.135. The van der Waals surface area contributed by atoms with E-state index in [2.05, 4.69) is 46.8 Å². The molecule has 0 atom stereocenters. The summed E-state index contributed by atoms with van der Waals surface area (Å²) in [5.74, 6) is 0.707. The first kappa shape index (κ1) is 16.4. The van der Waals surface area contributed by atoms with Crippen LogP contribution in [0, 0.1) is 0 Å². The van der Waals surface area contributed by atoms with Crippen LogP contribution in [0.4, 0.5) is 5.69 Å². The molecule has 2 aromatic carbocycles. The summed E-state index contributed by atoms with van der Waals surface area (Å²) in [5, 5.41) is 4.66. The second-order valence-corrected chi connectivity index (χ2v) is 8.72. The van der Waals surface area contributed by atoms with Crippen molar-refractivity contribution >= 4 is 22.5 Å². The molecule has 6 rings (SSSR count). The zero-order valence-electron chi connectivity index (χ0n) is 16.0. The molecule has 4 heteroatoms. The van der Waals surface area contributed by atoms with Crippen LogP contribution in [0.1, 0.15) is 53.1 Å². The van der Waals surface area contributed by atoms with Crippen molar-refractivity contribution in [1.29, 1.82) is 0 Å². The zero-order valence-corrected chi connectivity index (χ0v) is 16.0. The zero-order chi connectivity index (χ0) is 18.7. The van der Waals surface area contributed by atoms with Gasteiger partial charge in [-0.05, 0) is 80.1 Å². The number of rotatable bonds is 2. The first-order chi connectivity index (χ1) is 13.8. The van der Waals surface area contributed by atoms with Crippen molar-refractivity contribution in [3.05, 3.63) is 65.4 Å². The van der Waals surface area contributed by atoms with Crippen LogP contribution >= 0.6 is 0 Å². The average Bonchev–Trinajstić information content (AvgIpc) is 3.29. The van der Waals surface area contributed by atoms with Gasteiger partial charge in [0.1, 0.15) is 0 Å². The number of hydrogen-bond donors (Lipinski definition) is 2. The highest BCUT2D eigenvalue weighted by Crippen LogP contribution is 2.56. The van der Waals surface area contributed by atoms with Crippen molar-refractivity contribution in [2.24, 2.45) is 0 Å². The van der Waals surface area contributed by atoms with Gasteiger partial charge in [-0.15, -0.1) is 0 Å². The summed E-state index contributed by atoms with van der Waals surface area (Å²) in [4.78, 5) is 18.9. The second kappa shape index (κ2) is 5.95. The summed E-state index contributed by atoms with van der Waals surface area (Å²) in [5.41, 5.74) is 6.00. The highest BCUT2D eigenvalue weighted by molar-refractivity contribution is 6.09. The molecule has 1 saturated carbocycles. The Labute approximate surface area is 164 Å². The highest BCUT2D eigenvalue weighted by Gasteiger charge is 2.52. The maximum atomic E-state index is 13.5. The van der Waals surface area contributed by atoms with E-state index >= 15 is 0 Å². The molecule has 4 nitrogen and oxygen atoms in total. The topological polar surface area (TPSA) is 48.1 Å². The maximum absolute atomic E-state index is 13.5. The lowest BCUT2D eigenvalue weighted by atomic mass is 9.89. The number of benzene rings is 2. The Morgan fingerprint density at radius 2 is 1.89 bits per heavy atom. The van der Waals surface area contributed by atoms with Gasteiger partial charge in [0.25, 0.3) is 5.91 Å². The van der Waals surface area contributed by atoms with Crippen molar-refractivity contribution < 1.29 is 4.79 Å². The normalized spacial score (nSPS) is 20.6. The predicted molar refractivity (Wildman–Crippen MR) is 112 cm³/mol. The molecular formula is C24H25N3O. The molecule has 3 heterocycles. The van der Waals surface area contributed by atoms with E-state index in [-0.39, 0.29) is 11.3 Å². The molecule has 2 aliphatic heterocycles. The SMILES string of the molecule is O=C(c1ccc2[nH]cc(C3CCNCC3)c2c1)N1CC2(CC2)c2ccccc21. The van der Waals surface area contributed by atoms with Crippen molar-refractivity contribution in [3.63, 3.8) is 0 Å². The second-order valence-electron chi connectivity index (χ2n) is 8.72. The number of anilines is 1. The summed E-state index contributed by atoms with van der Waals surface area (Å²) in [6.07, 6.45) is 6.87. The number of carbonyl (C=O) groups is 1. The molecule has 1 saturated heterocycles. The van der Waals surface area contributed by atoms with Crippen LogP contribution in [-0.2, 0) is 5.41 Å². The van der Waals surface area contributed by atoms with Crippen molar-refractivity contribution in [3.8, 4) is 0 Å². The van der Waals surface area contributed by atoms with Crippen LogP contribution in [0.3, 0.4) is 0 Å². The fourth-order valence-corrected chi connectivity index (χ4v) is 5.29. The quantitative estimate of drug-likeness (QED) is 0.704. The van der Waals surface area contributed by atoms with E-state index in [1.165, 1.54) is 29.4 Å². The third kappa shape index (κ3) is 2.37. The first-order valence-corrected chi connectivity index (χ1v) is 10.5. The lowest BCUT2D eigenvalue weighted by Gasteiger charge is -2.22. The molecule has 3 aliphatic rings. The number of aromatic nitrogens is 1. The minimum Gasteiger partial charge on any atom is -0.361 e. The van der Waals surface area contributed by atoms with E-state index in [0.717, 1.165) is 49.2 Å². The smallest absolute Gasteiger partial charge is 0.258 e. The molecule has 0 radical (unpaired) electrons. The third-order valence-electron chi connectivity index (χ3n) is 7.07. The fraction of sp³-hybridized carbons (Fsp3) is 0.375. The Hall–Kier alpha value is -2.59. The summed E-state index contributed by atoms with van der Waals surface area (Å²) in [7, 11) is 0. The lowest BCUT2D eigenvalue weighted by Crippen LogP contribution is -2.31. The van der Waals surface area contributed by atoms with Crippen LogP contribution in [0.5, 0.6) is 0 Å². The largest absolute Gasteiger partial charge is 0.361 e. The van der Waals surface area contributed by atoms with Crippen LogP contribution < -0.4 is 10.2 Å². The van der Waals surface area contributed by atoms with E-state index < -0.39 is 0 Å². The summed E-state index contributed by atoms with van der Waals surface area (Å²) < 4.78 is 0. The van der Waals surface area contributed by atoms with Gasteiger partial charge >= 0.3 is 0 Å². The molecule has 1 aromatic heterocycles. The molecular weight excluding hydrogens is 346 g/mol. The molecule has 1 aliphatic carbocycles. The van der Waals surface area contributed by atoms with Gasteiger partial charge in [0, 0.05) is 40.3 Å². The van der Waals surface area contributed by atoms with E-state index in [4.69, 9.17) is 0 Å². The van der Waals surface area contributed by atoms with Crippen molar-refractivity contribution in [2.45, 2.75) is 37.0 Å². The standard InChI is InChI=1S/C24H25N3O/c28-23(27-15-24(9-10-24)20-3-1-2-4-22(20)27)17-5-6-21-18(13-17)19(14-26-21)16-7-11-25-12-8-16/h1-6,13-14,16,25-26H,7-12,15H2. The maximum Gasteiger partial charge on any atom is 0.258 e. The van der Waals surface area contributed by atoms with E-state index in [1.807, 2.05) is 17.0 Å². The van der Waals surface area contributed by atoms with Crippen LogP contribution in [-0.4, -0.2) is 30.5 Å². The van der Waals surface area contributed by atoms with Crippen LogP contribution in [0.25, 0.3) is 10.9 Å². The summed E-state index contributed by atoms with van der Waals surface area (Å²) in [6, 6.07) is 14.6. The summed E-state index contributed by atoms with van der Waals surface area (Å²) in [6.45, 7) is 2.97. The van der Waals surface area contributed by atoms with Gasteiger partial charge in [0.05, 0.1) is 0 Å². The Morgan fingerprint density at radius 1 is 1.07 bits per heavy atom. The van der Waals surface area contributed by atoms with Crippen molar-refractivity contribution in [2.75, 3.05) is 24.5 Å². The van der Waals surface area contributed by atoms with Gasteiger partial charge in [-0.2, -0.15) is 0 Å². The number of carbonyl (C=O) groups excluding carboxylic acids is 1. The Morgan fingerprint density at radius 3 is 2.71 bits per heavy atom. The van der Waals surface area contributed by atoms with Gasteiger partial charge < -0.3 is 15.2 Å². The average molecular weight is 371 g/mol. The summed E-state index contributed by atoms with van der Waals surface area (Å²) >= 11 is 0. The van der Waals surface area contributed by atoms with Crippen LogP contribution in [0.2, 0.25) is 0 Å². The predicted octanol–water partition coefficient (Wildman–Crippen LogP) is 4.33. The molecule has 142 valence electrons. The lowest BCUT2D eigenvalue weighted by molar-refractivity contribution is 0.0987. The molecule has 2 N–H and O–H groups in total. The fourth-order valence-electron chi connectivity index (χ4n) is 5.29. The Bertz CT molecular complexity index is 1070. The molecule has 0 unspecified atom stereocenters. The molecule has 2 fully saturated rings. The van der Waals surface area contributed by atoms with Gasteiger partial charge in [0.2, 0.25) is 0 Å². The molecule has 0 bridgehead atoms. The van der Waals surface area contributed by atoms with Gasteiger partial charge in [-0.3, -0.25) is 4.79 Å². The van der Waals surface area contributed by atoms with Gasteiger partial charge in [-0.25, -0.2) is 0 Å². The number of aromatic amines is 1. The van der Waals surface area contributed by atoms with Gasteiger partial charge in [-0.1, -0.05) is 18.2 Å². The van der Waals surface area contributed by atoms with Crippen molar-refractivity contribution in [1.82, 2.24) is 10.3 Å². The number of amides is 1. The number of piperidine rings is 1. The van der Waals surface area contributed by atoms with Gasteiger partial charge in [0.15, 0.2) is 0 Å². The number of H-pyrrole nitrogens is 1. The Kier molecular flexibility index (Phi) is 3.48. The monoisotopic (exact) mass is 371 g/mol. The van der Waals surface area contributed by atoms with Crippen LogP contribution in [0.15, 0.2) is 48.7 Å².